The van der Waals surface area contributed by atoms with Crippen LogP contribution in [0.3, 0.4) is 0 Å². The average molecular weight is 314 g/mol. The Labute approximate surface area is 139 Å². The Hall–Kier alpha value is -3.52. The van der Waals surface area contributed by atoms with Gasteiger partial charge >= 0.3 is 0 Å². The van der Waals surface area contributed by atoms with Gasteiger partial charge in [0.05, 0.1) is 5.69 Å². The number of allylic oxidation sites excluding steroid dienone is 1. The van der Waals surface area contributed by atoms with Crippen molar-refractivity contribution in [1.29, 1.82) is 5.26 Å². The molecular formula is C19H14N4O. The highest BCUT2D eigenvalue weighted by Crippen LogP contribution is 2.24. The number of aryl methyl sites for hydroxylation is 1. The number of carbonyl (C=O) groups excluding carboxylic acids is 1. The quantitative estimate of drug-likeness (QED) is 0.421. The normalized spacial score (nSPS) is 11.1. The molecule has 0 atom stereocenters. The Bertz CT molecular complexity index is 935. The van der Waals surface area contributed by atoms with E-state index in [0.29, 0.717) is 16.8 Å². The number of Topliss-reactive ketones (excluding diaryl/α,β-unsaturated/α-hetero) is 1. The van der Waals surface area contributed by atoms with E-state index in [0.717, 1.165) is 5.56 Å². The molecule has 0 spiro atoms. The van der Waals surface area contributed by atoms with Crippen LogP contribution in [0.4, 0.5) is 0 Å². The molecular weight excluding hydrogens is 300 g/mol. The Morgan fingerprint density at radius 2 is 1.88 bits per heavy atom. The van der Waals surface area contributed by atoms with E-state index in [9.17, 15) is 10.1 Å². The second-order valence-corrected chi connectivity index (χ2v) is 5.21. The Kier molecular flexibility index (Phi) is 4.30. The zero-order chi connectivity index (χ0) is 16.9. The molecule has 0 fully saturated rings. The first-order chi connectivity index (χ1) is 11.7. The van der Waals surface area contributed by atoms with Gasteiger partial charge in [-0.25, -0.2) is 0 Å². The number of rotatable bonds is 4. The molecule has 0 aliphatic carbocycles. The van der Waals surface area contributed by atoms with Crippen LogP contribution >= 0.6 is 0 Å². The van der Waals surface area contributed by atoms with Crippen LogP contribution in [0, 0.1) is 11.3 Å². The van der Waals surface area contributed by atoms with Crippen molar-refractivity contribution in [2.75, 3.05) is 0 Å². The predicted octanol–water partition coefficient (Wildman–Crippen LogP) is 3.27. The molecule has 0 bridgehead atoms. The van der Waals surface area contributed by atoms with Gasteiger partial charge < -0.3 is 0 Å². The molecule has 24 heavy (non-hydrogen) atoms. The summed E-state index contributed by atoms with van der Waals surface area (Å²) < 4.78 is 1.66. The summed E-state index contributed by atoms with van der Waals surface area (Å²) in [5.74, 6) is -0.303. The van der Waals surface area contributed by atoms with Gasteiger partial charge in [0.2, 0.25) is 5.78 Å². The third-order valence-corrected chi connectivity index (χ3v) is 3.51. The zero-order valence-corrected chi connectivity index (χ0v) is 13.0. The van der Waals surface area contributed by atoms with Crippen LogP contribution in [0.2, 0.25) is 0 Å². The van der Waals surface area contributed by atoms with E-state index in [1.807, 2.05) is 24.3 Å². The maximum atomic E-state index is 12.5. The topological polar surface area (TPSA) is 71.6 Å². The van der Waals surface area contributed by atoms with Crippen molar-refractivity contribution in [2.24, 2.45) is 7.05 Å². The van der Waals surface area contributed by atoms with Gasteiger partial charge in [-0.05, 0) is 18.2 Å². The van der Waals surface area contributed by atoms with Crippen molar-refractivity contribution in [3.63, 3.8) is 0 Å². The summed E-state index contributed by atoms with van der Waals surface area (Å²) >= 11 is 0. The molecule has 2 aromatic heterocycles. The Morgan fingerprint density at radius 3 is 2.54 bits per heavy atom. The summed E-state index contributed by atoms with van der Waals surface area (Å²) in [7, 11) is 1.80. The molecule has 116 valence electrons. The SMILES string of the molecule is Cn1cc(/C=C(/C#N)C(=O)c2ccccc2)c(-c2ccncc2)n1. The summed E-state index contributed by atoms with van der Waals surface area (Å²) in [6, 6.07) is 14.4. The fourth-order valence-electron chi connectivity index (χ4n) is 2.40. The summed E-state index contributed by atoms with van der Waals surface area (Å²) in [5.41, 5.74) is 2.85. The Balaban J connectivity index is 2.04. The molecule has 5 nitrogen and oxygen atoms in total. The number of aromatic nitrogens is 3. The molecule has 0 unspecified atom stereocenters. The van der Waals surface area contributed by atoms with Crippen LogP contribution in [0.5, 0.6) is 0 Å². The second kappa shape index (κ2) is 6.71. The highest BCUT2D eigenvalue weighted by atomic mass is 16.1. The van der Waals surface area contributed by atoms with Crippen LogP contribution in [0.1, 0.15) is 15.9 Å². The van der Waals surface area contributed by atoms with E-state index in [2.05, 4.69) is 10.1 Å². The van der Waals surface area contributed by atoms with Crippen LogP contribution in [0.15, 0.2) is 66.6 Å². The molecule has 5 heteroatoms. The van der Waals surface area contributed by atoms with Crippen molar-refractivity contribution in [2.45, 2.75) is 0 Å². The summed E-state index contributed by atoms with van der Waals surface area (Å²) in [6.07, 6.45) is 6.72. The third kappa shape index (κ3) is 3.13. The lowest BCUT2D eigenvalue weighted by atomic mass is 10.0. The zero-order valence-electron chi connectivity index (χ0n) is 13.0. The van der Waals surface area contributed by atoms with Gasteiger partial charge in [-0.3, -0.25) is 14.5 Å². The number of hydrogen-bond donors (Lipinski definition) is 0. The second-order valence-electron chi connectivity index (χ2n) is 5.21. The molecule has 0 aliphatic rings. The molecule has 2 heterocycles. The maximum absolute atomic E-state index is 12.5. The lowest BCUT2D eigenvalue weighted by molar-refractivity contribution is 0.104. The van der Waals surface area contributed by atoms with Crippen LogP contribution in [0.25, 0.3) is 17.3 Å². The van der Waals surface area contributed by atoms with E-state index >= 15 is 0 Å². The molecule has 3 aromatic rings. The van der Waals surface area contributed by atoms with Gasteiger partial charge in [-0.2, -0.15) is 10.4 Å². The van der Waals surface area contributed by atoms with Gasteiger partial charge in [-0.15, -0.1) is 0 Å². The van der Waals surface area contributed by atoms with Gasteiger partial charge in [0.1, 0.15) is 11.6 Å². The van der Waals surface area contributed by atoms with E-state index in [1.165, 1.54) is 0 Å². The van der Waals surface area contributed by atoms with Gasteiger partial charge in [0.25, 0.3) is 0 Å². The molecule has 0 aliphatic heterocycles. The number of benzene rings is 1. The predicted molar refractivity (Wildman–Crippen MR) is 90.8 cm³/mol. The van der Waals surface area contributed by atoms with Crippen LogP contribution < -0.4 is 0 Å². The minimum Gasteiger partial charge on any atom is -0.288 e. The van der Waals surface area contributed by atoms with Crippen LogP contribution in [-0.4, -0.2) is 20.5 Å². The maximum Gasteiger partial charge on any atom is 0.203 e. The average Bonchev–Trinajstić information content (AvgIpc) is 3.01. The van der Waals surface area contributed by atoms with Gasteiger partial charge in [0.15, 0.2) is 0 Å². The summed E-state index contributed by atoms with van der Waals surface area (Å²) in [5, 5.41) is 13.8. The molecule has 0 saturated heterocycles. The number of ketones is 1. The highest BCUT2D eigenvalue weighted by molar-refractivity contribution is 6.14. The van der Waals surface area contributed by atoms with Crippen molar-refractivity contribution in [3.05, 3.63) is 77.8 Å². The lowest BCUT2D eigenvalue weighted by Gasteiger charge is -2.00. The number of carbonyl (C=O) groups is 1. The van der Waals surface area contributed by atoms with Crippen molar-refractivity contribution < 1.29 is 4.79 Å². The first-order valence-corrected chi connectivity index (χ1v) is 7.34. The first kappa shape index (κ1) is 15.4. The lowest BCUT2D eigenvalue weighted by Crippen LogP contribution is -2.01. The monoisotopic (exact) mass is 314 g/mol. The van der Waals surface area contributed by atoms with E-state index < -0.39 is 0 Å². The number of nitrogens with zero attached hydrogens (tertiary/aromatic N) is 4. The largest absolute Gasteiger partial charge is 0.288 e. The highest BCUT2D eigenvalue weighted by Gasteiger charge is 2.15. The fourth-order valence-corrected chi connectivity index (χ4v) is 2.40. The smallest absolute Gasteiger partial charge is 0.203 e. The van der Waals surface area contributed by atoms with Crippen LogP contribution in [-0.2, 0) is 7.05 Å². The summed E-state index contributed by atoms with van der Waals surface area (Å²) in [6.45, 7) is 0. The Morgan fingerprint density at radius 1 is 1.17 bits per heavy atom. The van der Waals surface area contributed by atoms with Gasteiger partial charge in [-0.1, -0.05) is 30.3 Å². The number of nitriles is 1. The van der Waals surface area contributed by atoms with E-state index in [4.69, 9.17) is 0 Å². The molecule has 0 radical (unpaired) electrons. The molecule has 1 aromatic carbocycles. The molecule has 0 amide bonds. The molecule has 3 rings (SSSR count). The van der Waals surface area contributed by atoms with Crippen molar-refractivity contribution in [3.8, 4) is 17.3 Å². The van der Waals surface area contributed by atoms with Gasteiger partial charge in [0, 0.05) is 42.3 Å². The van der Waals surface area contributed by atoms with Crippen molar-refractivity contribution >= 4 is 11.9 Å². The van der Waals surface area contributed by atoms with E-state index in [-0.39, 0.29) is 11.4 Å². The van der Waals surface area contributed by atoms with E-state index in [1.54, 1.807) is 60.7 Å². The molecule has 0 N–H and O–H groups in total. The summed E-state index contributed by atoms with van der Waals surface area (Å²) in [4.78, 5) is 16.5. The number of pyridine rings is 1. The minimum atomic E-state index is -0.303. The minimum absolute atomic E-state index is 0.0736. The van der Waals surface area contributed by atoms with Crippen molar-refractivity contribution in [1.82, 2.24) is 14.8 Å². The first-order valence-electron chi connectivity index (χ1n) is 7.34. The number of hydrogen-bond acceptors (Lipinski definition) is 4. The standard InChI is InChI=1S/C19H14N4O/c1-23-13-17(18(22-23)14-7-9-21-10-8-14)11-16(12-20)19(24)15-5-3-2-4-6-15/h2-11,13H,1H3/b16-11-. The third-order valence-electron chi connectivity index (χ3n) is 3.51. The fraction of sp³-hybridized carbons (Fsp3) is 0.0526. The molecule has 0 saturated carbocycles.